The Morgan fingerprint density at radius 2 is 1.73 bits per heavy atom. The lowest BCUT2D eigenvalue weighted by Gasteiger charge is -2.26. The molecule has 2 N–H and O–H groups in total. The van der Waals surface area contributed by atoms with Gasteiger partial charge in [0.05, 0.1) is 0 Å². The summed E-state index contributed by atoms with van der Waals surface area (Å²) in [7, 11) is 0. The molecule has 2 heteroatoms. The normalized spacial score (nSPS) is 32.2. The van der Waals surface area contributed by atoms with Gasteiger partial charge < -0.3 is 5.73 Å². The molecule has 1 rings (SSSR count). The fourth-order valence-electron chi connectivity index (χ4n) is 1.87. The first kappa shape index (κ1) is 9.40. The first-order valence-corrected chi connectivity index (χ1v) is 5.95. The molecule has 0 amide bonds. The largest absolute Gasteiger partial charge is 0.330 e. The van der Waals surface area contributed by atoms with Crippen LogP contribution in [0.15, 0.2) is 0 Å². The number of hydrogen-bond acceptors (Lipinski definition) is 2. The molecule has 66 valence electrons. The van der Waals surface area contributed by atoms with Crippen LogP contribution in [0.5, 0.6) is 0 Å². The second kappa shape index (κ2) is 5.04. The van der Waals surface area contributed by atoms with Crippen LogP contribution in [-0.2, 0) is 0 Å². The van der Waals surface area contributed by atoms with Crippen molar-refractivity contribution in [2.75, 3.05) is 18.6 Å². The summed E-state index contributed by atoms with van der Waals surface area (Å²) in [6.07, 6.45) is 7.80. The average Bonchev–Trinajstić information content (AvgIpc) is 2.07. The molecule has 1 fully saturated rings. The number of nitrogens with two attached hydrogens (primary N) is 1. The number of rotatable bonds is 3. The van der Waals surface area contributed by atoms with Gasteiger partial charge in [-0.15, -0.1) is 0 Å². The van der Waals surface area contributed by atoms with Crippen LogP contribution < -0.4 is 5.73 Å². The van der Waals surface area contributed by atoms with Gasteiger partial charge in [0.2, 0.25) is 0 Å². The Kier molecular flexibility index (Phi) is 4.31. The molecule has 0 bridgehead atoms. The fraction of sp³-hybridized carbons (Fsp3) is 1.00. The summed E-state index contributed by atoms with van der Waals surface area (Å²) >= 11 is 1.99. The van der Waals surface area contributed by atoms with E-state index in [4.69, 9.17) is 5.73 Å². The monoisotopic (exact) mass is 173 g/mol. The molecule has 0 saturated heterocycles. The Hall–Kier alpha value is 0.310. The van der Waals surface area contributed by atoms with Crippen molar-refractivity contribution >= 4 is 11.8 Å². The molecule has 1 aliphatic rings. The van der Waals surface area contributed by atoms with Crippen molar-refractivity contribution in [2.45, 2.75) is 25.7 Å². The number of hydrogen-bond donors (Lipinski definition) is 1. The maximum Gasteiger partial charge on any atom is -0.00419 e. The van der Waals surface area contributed by atoms with Crippen LogP contribution in [0.2, 0.25) is 0 Å². The second-order valence-corrected chi connectivity index (χ2v) is 4.49. The Balaban J connectivity index is 2.14. The lowest BCUT2D eigenvalue weighted by Crippen LogP contribution is -2.22. The van der Waals surface area contributed by atoms with Gasteiger partial charge in [-0.1, -0.05) is 0 Å². The zero-order valence-electron chi connectivity index (χ0n) is 7.38. The van der Waals surface area contributed by atoms with E-state index in [2.05, 4.69) is 6.26 Å². The summed E-state index contributed by atoms with van der Waals surface area (Å²) in [5.74, 6) is 3.19. The fourth-order valence-corrected chi connectivity index (χ4v) is 2.67. The van der Waals surface area contributed by atoms with E-state index < -0.39 is 0 Å². The van der Waals surface area contributed by atoms with E-state index in [1.54, 1.807) is 0 Å². The van der Waals surface area contributed by atoms with Crippen molar-refractivity contribution in [2.24, 2.45) is 17.6 Å². The standard InChI is InChI=1S/C9H19NS/c1-11-7-9-4-2-8(6-10)3-5-9/h8-9H,2-7,10H2,1H3. The molecule has 0 heterocycles. The zero-order chi connectivity index (χ0) is 8.10. The third-order valence-corrected chi connectivity index (χ3v) is 3.51. The van der Waals surface area contributed by atoms with Crippen molar-refractivity contribution in [1.29, 1.82) is 0 Å². The van der Waals surface area contributed by atoms with Gasteiger partial charge in [-0.05, 0) is 56.1 Å². The lowest BCUT2D eigenvalue weighted by atomic mass is 9.83. The molecule has 0 radical (unpaired) electrons. The third kappa shape index (κ3) is 3.04. The van der Waals surface area contributed by atoms with E-state index in [0.29, 0.717) is 0 Å². The van der Waals surface area contributed by atoms with E-state index in [-0.39, 0.29) is 0 Å². The molecule has 0 unspecified atom stereocenters. The van der Waals surface area contributed by atoms with E-state index in [1.807, 2.05) is 11.8 Å². The lowest BCUT2D eigenvalue weighted by molar-refractivity contribution is 0.299. The minimum atomic E-state index is 0.841. The molecule has 1 saturated carbocycles. The van der Waals surface area contributed by atoms with Crippen LogP contribution in [0.3, 0.4) is 0 Å². The van der Waals surface area contributed by atoms with Crippen molar-refractivity contribution in [3.63, 3.8) is 0 Å². The SMILES string of the molecule is CSCC1CCC(CN)CC1. The Labute approximate surface area is 74.1 Å². The molecule has 0 aliphatic heterocycles. The molecule has 0 aromatic rings. The number of thioether (sulfide) groups is 1. The van der Waals surface area contributed by atoms with Crippen LogP contribution >= 0.6 is 11.8 Å². The smallest absolute Gasteiger partial charge is 0.00419 e. The van der Waals surface area contributed by atoms with Gasteiger partial charge >= 0.3 is 0 Å². The first-order chi connectivity index (χ1) is 5.36. The molecule has 0 aromatic carbocycles. The highest BCUT2D eigenvalue weighted by Crippen LogP contribution is 2.29. The van der Waals surface area contributed by atoms with Gasteiger partial charge in [0.25, 0.3) is 0 Å². The predicted molar refractivity (Wildman–Crippen MR) is 52.9 cm³/mol. The van der Waals surface area contributed by atoms with E-state index in [1.165, 1.54) is 31.4 Å². The molecule has 0 spiro atoms. The quantitative estimate of drug-likeness (QED) is 0.707. The zero-order valence-corrected chi connectivity index (χ0v) is 8.20. The molecule has 1 nitrogen and oxygen atoms in total. The molecule has 0 aromatic heterocycles. The highest BCUT2D eigenvalue weighted by atomic mass is 32.2. The van der Waals surface area contributed by atoms with Crippen molar-refractivity contribution in [3.05, 3.63) is 0 Å². The topological polar surface area (TPSA) is 26.0 Å². The van der Waals surface area contributed by atoms with Crippen molar-refractivity contribution in [1.82, 2.24) is 0 Å². The van der Waals surface area contributed by atoms with Gasteiger partial charge in [0.15, 0.2) is 0 Å². The van der Waals surface area contributed by atoms with Crippen LogP contribution in [0.25, 0.3) is 0 Å². The first-order valence-electron chi connectivity index (χ1n) is 4.55. The second-order valence-electron chi connectivity index (χ2n) is 3.58. The summed E-state index contributed by atoms with van der Waals surface area (Å²) in [5, 5.41) is 0. The molecule has 1 aliphatic carbocycles. The van der Waals surface area contributed by atoms with Gasteiger partial charge in [-0.3, -0.25) is 0 Å². The van der Waals surface area contributed by atoms with E-state index in [9.17, 15) is 0 Å². The highest BCUT2D eigenvalue weighted by Gasteiger charge is 2.19. The molecular formula is C9H19NS. The molecule has 11 heavy (non-hydrogen) atoms. The van der Waals surface area contributed by atoms with Crippen LogP contribution in [-0.4, -0.2) is 18.6 Å². The Morgan fingerprint density at radius 3 is 2.18 bits per heavy atom. The summed E-state index contributed by atoms with van der Waals surface area (Å²) in [4.78, 5) is 0. The average molecular weight is 173 g/mol. The minimum Gasteiger partial charge on any atom is -0.330 e. The van der Waals surface area contributed by atoms with E-state index in [0.717, 1.165) is 18.4 Å². The highest BCUT2D eigenvalue weighted by molar-refractivity contribution is 7.98. The van der Waals surface area contributed by atoms with Gasteiger partial charge in [-0.25, -0.2) is 0 Å². The van der Waals surface area contributed by atoms with Gasteiger partial charge in [0.1, 0.15) is 0 Å². The van der Waals surface area contributed by atoms with Crippen LogP contribution in [0, 0.1) is 11.8 Å². The maximum atomic E-state index is 5.62. The molecule has 0 atom stereocenters. The van der Waals surface area contributed by atoms with Crippen molar-refractivity contribution < 1.29 is 0 Å². The molecular weight excluding hydrogens is 154 g/mol. The van der Waals surface area contributed by atoms with Gasteiger partial charge in [0, 0.05) is 0 Å². The Bertz CT molecular complexity index is 97.7. The van der Waals surface area contributed by atoms with E-state index >= 15 is 0 Å². The Morgan fingerprint density at radius 1 is 1.18 bits per heavy atom. The third-order valence-electron chi connectivity index (χ3n) is 2.70. The summed E-state index contributed by atoms with van der Waals surface area (Å²) in [6.45, 7) is 0.909. The predicted octanol–water partition coefficient (Wildman–Crippen LogP) is 2.11. The summed E-state index contributed by atoms with van der Waals surface area (Å²) in [5.41, 5.74) is 5.62. The summed E-state index contributed by atoms with van der Waals surface area (Å²) in [6, 6.07) is 0. The summed E-state index contributed by atoms with van der Waals surface area (Å²) < 4.78 is 0. The van der Waals surface area contributed by atoms with Crippen molar-refractivity contribution in [3.8, 4) is 0 Å². The van der Waals surface area contributed by atoms with Gasteiger partial charge in [-0.2, -0.15) is 11.8 Å². The van der Waals surface area contributed by atoms with Crippen LogP contribution in [0.1, 0.15) is 25.7 Å². The maximum absolute atomic E-state index is 5.62. The minimum absolute atomic E-state index is 0.841. The van der Waals surface area contributed by atoms with Crippen LogP contribution in [0.4, 0.5) is 0 Å².